The lowest BCUT2D eigenvalue weighted by Gasteiger charge is -2.03. The van der Waals surface area contributed by atoms with E-state index in [1.807, 2.05) is 0 Å². The molecule has 0 amide bonds. The summed E-state index contributed by atoms with van der Waals surface area (Å²) < 4.78 is 2.92. The van der Waals surface area contributed by atoms with Crippen LogP contribution in [0.3, 0.4) is 0 Å². The van der Waals surface area contributed by atoms with E-state index in [-0.39, 0.29) is 30.8 Å². The number of aliphatic hydroxyl groups is 2. The van der Waals surface area contributed by atoms with Gasteiger partial charge < -0.3 is 14.8 Å². The first-order chi connectivity index (χ1) is 7.77. The molecule has 7 heteroatoms. The molecule has 7 nitrogen and oxygen atoms in total. The first-order valence-corrected chi connectivity index (χ1v) is 4.90. The van der Waals surface area contributed by atoms with Gasteiger partial charge in [0, 0.05) is 6.54 Å². The van der Waals surface area contributed by atoms with E-state index in [0.717, 1.165) is 0 Å². The number of hydrogen-bond acceptors (Lipinski definition) is 5. The highest BCUT2D eigenvalue weighted by Gasteiger charge is 2.09. The first-order valence-electron chi connectivity index (χ1n) is 4.90. The maximum Gasteiger partial charge on any atom is 0.281 e. The van der Waals surface area contributed by atoms with Crippen molar-refractivity contribution in [2.75, 3.05) is 13.2 Å². The van der Waals surface area contributed by atoms with Crippen LogP contribution in [-0.4, -0.2) is 42.5 Å². The highest BCUT2D eigenvalue weighted by molar-refractivity contribution is 5.68. The molecule has 0 aliphatic rings. The second kappa shape index (κ2) is 4.42. The van der Waals surface area contributed by atoms with Crippen molar-refractivity contribution in [1.82, 2.24) is 19.1 Å². The van der Waals surface area contributed by atoms with Gasteiger partial charge in [-0.05, 0) is 0 Å². The summed E-state index contributed by atoms with van der Waals surface area (Å²) in [5.74, 6) is 0. The largest absolute Gasteiger partial charge is 0.395 e. The average molecular weight is 224 g/mol. The standard InChI is InChI=1S/C9H12N4O3/c14-3-1-12-5-10-7-8(12)11-6-13(2-4-15)9(7)16/h5-6,14-15H,1-4H2. The Bertz CT molecular complexity index is 545. The SMILES string of the molecule is O=c1c2ncn(CCO)c2ncn1CCO. The molecule has 2 aromatic rings. The van der Waals surface area contributed by atoms with Crippen molar-refractivity contribution in [2.24, 2.45) is 0 Å². The molecule has 0 saturated heterocycles. The monoisotopic (exact) mass is 224 g/mol. The smallest absolute Gasteiger partial charge is 0.281 e. The number of nitrogens with zero attached hydrogens (tertiary/aromatic N) is 4. The molecule has 0 atom stereocenters. The van der Waals surface area contributed by atoms with Gasteiger partial charge in [0.25, 0.3) is 5.56 Å². The number of imidazole rings is 1. The zero-order valence-electron chi connectivity index (χ0n) is 8.57. The van der Waals surface area contributed by atoms with Crippen LogP contribution in [-0.2, 0) is 13.1 Å². The molecule has 0 fully saturated rings. The second-order valence-electron chi connectivity index (χ2n) is 3.30. The minimum Gasteiger partial charge on any atom is -0.395 e. The molecular formula is C9H12N4O3. The fourth-order valence-corrected chi connectivity index (χ4v) is 1.51. The van der Waals surface area contributed by atoms with E-state index >= 15 is 0 Å². The van der Waals surface area contributed by atoms with Crippen LogP contribution in [0.4, 0.5) is 0 Å². The highest BCUT2D eigenvalue weighted by Crippen LogP contribution is 2.03. The predicted octanol–water partition coefficient (Wildman–Crippen LogP) is -1.42. The third-order valence-corrected chi connectivity index (χ3v) is 2.27. The third kappa shape index (κ3) is 1.70. The maximum absolute atomic E-state index is 11.8. The molecule has 16 heavy (non-hydrogen) atoms. The minimum atomic E-state index is -0.282. The third-order valence-electron chi connectivity index (χ3n) is 2.27. The zero-order chi connectivity index (χ0) is 11.5. The molecule has 86 valence electrons. The van der Waals surface area contributed by atoms with Gasteiger partial charge >= 0.3 is 0 Å². The van der Waals surface area contributed by atoms with E-state index in [4.69, 9.17) is 10.2 Å². The molecule has 0 saturated carbocycles. The number of aromatic nitrogens is 4. The minimum absolute atomic E-state index is 0.0349. The fraction of sp³-hybridized carbons (Fsp3) is 0.444. The van der Waals surface area contributed by atoms with E-state index in [9.17, 15) is 4.79 Å². The van der Waals surface area contributed by atoms with Crippen LogP contribution in [0.2, 0.25) is 0 Å². The Kier molecular flexibility index (Phi) is 2.97. The van der Waals surface area contributed by atoms with Gasteiger partial charge in [0.2, 0.25) is 0 Å². The van der Waals surface area contributed by atoms with E-state index in [0.29, 0.717) is 12.2 Å². The topological polar surface area (TPSA) is 93.2 Å². The van der Waals surface area contributed by atoms with Crippen molar-refractivity contribution >= 4 is 11.2 Å². The summed E-state index contributed by atoms with van der Waals surface area (Å²) in [6.07, 6.45) is 2.84. The molecule has 0 unspecified atom stereocenters. The van der Waals surface area contributed by atoms with Gasteiger partial charge in [0.15, 0.2) is 11.2 Å². The summed E-state index contributed by atoms with van der Waals surface area (Å²) >= 11 is 0. The Morgan fingerprint density at radius 1 is 1.06 bits per heavy atom. The van der Waals surface area contributed by atoms with Crippen LogP contribution in [0, 0.1) is 0 Å². The van der Waals surface area contributed by atoms with Crippen molar-refractivity contribution in [2.45, 2.75) is 13.1 Å². The number of aliphatic hydroxyl groups excluding tert-OH is 2. The molecule has 0 radical (unpaired) electrons. The van der Waals surface area contributed by atoms with Crippen LogP contribution in [0.25, 0.3) is 11.2 Å². The molecular weight excluding hydrogens is 212 g/mol. The Labute approximate surface area is 90.6 Å². The van der Waals surface area contributed by atoms with Crippen LogP contribution in [0.15, 0.2) is 17.4 Å². The van der Waals surface area contributed by atoms with Gasteiger partial charge in [0.1, 0.15) is 6.33 Å². The van der Waals surface area contributed by atoms with Gasteiger partial charge in [-0.3, -0.25) is 9.36 Å². The van der Waals surface area contributed by atoms with Crippen LogP contribution < -0.4 is 5.56 Å². The van der Waals surface area contributed by atoms with Gasteiger partial charge in [-0.2, -0.15) is 0 Å². The summed E-state index contributed by atoms with van der Waals surface area (Å²) in [7, 11) is 0. The Morgan fingerprint density at radius 2 is 1.69 bits per heavy atom. The molecule has 2 rings (SSSR count). The lowest BCUT2D eigenvalue weighted by Crippen LogP contribution is -2.22. The Morgan fingerprint density at radius 3 is 2.38 bits per heavy atom. The quantitative estimate of drug-likeness (QED) is 0.664. The van der Waals surface area contributed by atoms with Crippen LogP contribution in [0.5, 0.6) is 0 Å². The van der Waals surface area contributed by atoms with Crippen molar-refractivity contribution in [1.29, 1.82) is 0 Å². The summed E-state index contributed by atoms with van der Waals surface area (Å²) in [6.45, 7) is 0.402. The predicted molar refractivity (Wildman–Crippen MR) is 56.0 cm³/mol. The van der Waals surface area contributed by atoms with E-state index in [1.165, 1.54) is 17.2 Å². The first kappa shape index (κ1) is 10.8. The number of hydrogen-bond donors (Lipinski definition) is 2. The lowest BCUT2D eigenvalue weighted by molar-refractivity contribution is 0.273. The summed E-state index contributed by atoms with van der Waals surface area (Å²) in [4.78, 5) is 19.8. The summed E-state index contributed by atoms with van der Waals surface area (Å²) in [5.41, 5.74) is 0.424. The molecule has 2 heterocycles. The molecule has 2 N–H and O–H groups in total. The molecule has 0 aliphatic carbocycles. The van der Waals surface area contributed by atoms with Crippen molar-refractivity contribution in [3.8, 4) is 0 Å². The molecule has 2 aromatic heterocycles. The Balaban J connectivity index is 2.55. The van der Waals surface area contributed by atoms with E-state index in [1.54, 1.807) is 4.57 Å². The lowest BCUT2D eigenvalue weighted by atomic mass is 10.5. The van der Waals surface area contributed by atoms with Crippen molar-refractivity contribution < 1.29 is 10.2 Å². The second-order valence-corrected chi connectivity index (χ2v) is 3.30. The fourth-order valence-electron chi connectivity index (χ4n) is 1.51. The molecule has 0 bridgehead atoms. The van der Waals surface area contributed by atoms with Gasteiger partial charge in [-0.15, -0.1) is 0 Å². The highest BCUT2D eigenvalue weighted by atomic mass is 16.3. The van der Waals surface area contributed by atoms with Crippen molar-refractivity contribution in [3.05, 3.63) is 23.0 Å². The Hall–Kier alpha value is -1.73. The maximum atomic E-state index is 11.8. The zero-order valence-corrected chi connectivity index (χ0v) is 8.57. The van der Waals surface area contributed by atoms with Gasteiger partial charge in [0.05, 0.1) is 26.1 Å². The number of fused-ring (bicyclic) bond motifs is 1. The van der Waals surface area contributed by atoms with Crippen LogP contribution >= 0.6 is 0 Å². The number of rotatable bonds is 4. The molecule has 0 aromatic carbocycles. The molecule has 0 aliphatic heterocycles. The average Bonchev–Trinajstić information content (AvgIpc) is 2.67. The van der Waals surface area contributed by atoms with Crippen molar-refractivity contribution in [3.63, 3.8) is 0 Å². The summed E-state index contributed by atoms with van der Waals surface area (Å²) in [5, 5.41) is 17.6. The van der Waals surface area contributed by atoms with Gasteiger partial charge in [-0.1, -0.05) is 0 Å². The molecule has 0 spiro atoms. The van der Waals surface area contributed by atoms with E-state index in [2.05, 4.69) is 9.97 Å². The van der Waals surface area contributed by atoms with Gasteiger partial charge in [-0.25, -0.2) is 9.97 Å². The summed E-state index contributed by atoms with van der Waals surface area (Å²) in [6, 6.07) is 0. The van der Waals surface area contributed by atoms with E-state index < -0.39 is 0 Å². The normalized spacial score (nSPS) is 11.1. The van der Waals surface area contributed by atoms with Crippen LogP contribution in [0.1, 0.15) is 0 Å².